The third-order valence-corrected chi connectivity index (χ3v) is 3.28. The molecule has 3 rings (SSSR count). The number of aromatic nitrogens is 2. The van der Waals surface area contributed by atoms with E-state index in [1.165, 1.54) is 34.9 Å². The summed E-state index contributed by atoms with van der Waals surface area (Å²) >= 11 is 0. The molecule has 1 aromatic heterocycles. The molecule has 0 atom stereocenters. The van der Waals surface area contributed by atoms with E-state index in [4.69, 9.17) is 5.73 Å². The molecule has 0 saturated heterocycles. The zero-order chi connectivity index (χ0) is 17.5. The summed E-state index contributed by atoms with van der Waals surface area (Å²) in [7, 11) is 0. The number of alkyl halides is 3. The number of nitrogens with zero attached hydrogens (tertiary/aromatic N) is 1. The summed E-state index contributed by atoms with van der Waals surface area (Å²) in [6.07, 6.45) is -4.83. The molecular formula is C15H10F3N3O3. The Morgan fingerprint density at radius 2 is 1.92 bits per heavy atom. The van der Waals surface area contributed by atoms with Gasteiger partial charge in [-0.1, -0.05) is 6.07 Å². The van der Waals surface area contributed by atoms with Crippen LogP contribution in [0.5, 0.6) is 5.75 Å². The number of nitrogens with one attached hydrogen (secondary N) is 1. The van der Waals surface area contributed by atoms with Gasteiger partial charge >= 0.3 is 12.1 Å². The van der Waals surface area contributed by atoms with Gasteiger partial charge in [-0.05, 0) is 30.3 Å². The summed E-state index contributed by atoms with van der Waals surface area (Å²) in [5.74, 6) is -1.11. The number of fused-ring (bicyclic) bond motifs is 1. The van der Waals surface area contributed by atoms with Crippen LogP contribution < -0.4 is 16.2 Å². The normalized spacial score (nSPS) is 11.6. The number of H-pyrrole nitrogens is 1. The topological polar surface area (TPSA) is 90.1 Å². The average Bonchev–Trinajstić information content (AvgIpc) is 2.80. The number of hydrogen-bond acceptors (Lipinski definition) is 3. The van der Waals surface area contributed by atoms with Gasteiger partial charge in [0.25, 0.3) is 0 Å². The Morgan fingerprint density at radius 1 is 1.17 bits per heavy atom. The summed E-state index contributed by atoms with van der Waals surface area (Å²) in [6.45, 7) is 0. The predicted octanol–water partition coefficient (Wildman–Crippen LogP) is 2.32. The standard InChI is InChI=1S/C15H10F3N3O3/c16-15(17,18)24-10-3-1-2-9(7-10)21-12-5-4-8(13(19)22)6-11(12)20-14(21)23/h1-7H,(H2,19,22)(H,20,23). The molecule has 3 aromatic rings. The molecule has 0 aliphatic heterocycles. The number of primary amides is 1. The average molecular weight is 337 g/mol. The molecule has 9 heteroatoms. The van der Waals surface area contributed by atoms with E-state index >= 15 is 0 Å². The lowest BCUT2D eigenvalue weighted by molar-refractivity contribution is -0.274. The maximum absolute atomic E-state index is 12.3. The van der Waals surface area contributed by atoms with E-state index < -0.39 is 23.7 Å². The van der Waals surface area contributed by atoms with Gasteiger partial charge < -0.3 is 15.5 Å². The Bertz CT molecular complexity index is 989. The predicted molar refractivity (Wildman–Crippen MR) is 79.1 cm³/mol. The number of hydrogen-bond donors (Lipinski definition) is 2. The quantitative estimate of drug-likeness (QED) is 0.768. The van der Waals surface area contributed by atoms with Crippen molar-refractivity contribution in [2.45, 2.75) is 6.36 Å². The third kappa shape index (κ3) is 2.96. The molecule has 0 aliphatic rings. The smallest absolute Gasteiger partial charge is 0.406 e. The number of carbonyl (C=O) groups is 1. The minimum absolute atomic E-state index is 0.180. The molecule has 3 N–H and O–H groups in total. The zero-order valence-electron chi connectivity index (χ0n) is 11.9. The number of aromatic amines is 1. The van der Waals surface area contributed by atoms with Crippen LogP contribution in [-0.2, 0) is 0 Å². The van der Waals surface area contributed by atoms with Crippen molar-refractivity contribution in [3.05, 3.63) is 58.5 Å². The number of ether oxygens (including phenoxy) is 1. The molecule has 1 amide bonds. The molecule has 0 bridgehead atoms. The number of benzene rings is 2. The van der Waals surface area contributed by atoms with Crippen LogP contribution in [0, 0.1) is 0 Å². The summed E-state index contributed by atoms with van der Waals surface area (Å²) in [6, 6.07) is 9.30. The summed E-state index contributed by atoms with van der Waals surface area (Å²) < 4.78 is 42.0. The Kier molecular flexibility index (Phi) is 3.55. The van der Waals surface area contributed by atoms with Crippen molar-refractivity contribution in [1.29, 1.82) is 0 Å². The highest BCUT2D eigenvalue weighted by molar-refractivity contribution is 5.96. The van der Waals surface area contributed by atoms with Crippen molar-refractivity contribution < 1.29 is 22.7 Å². The van der Waals surface area contributed by atoms with E-state index in [9.17, 15) is 22.8 Å². The first-order chi connectivity index (χ1) is 11.2. The second kappa shape index (κ2) is 5.44. The second-order valence-electron chi connectivity index (χ2n) is 4.91. The van der Waals surface area contributed by atoms with Gasteiger partial charge in [-0.2, -0.15) is 0 Å². The fourth-order valence-corrected chi connectivity index (χ4v) is 2.34. The monoisotopic (exact) mass is 337 g/mol. The van der Waals surface area contributed by atoms with E-state index in [2.05, 4.69) is 9.72 Å². The van der Waals surface area contributed by atoms with Crippen molar-refractivity contribution >= 4 is 16.9 Å². The van der Waals surface area contributed by atoms with Gasteiger partial charge in [0.1, 0.15) is 5.75 Å². The van der Waals surface area contributed by atoms with Gasteiger partial charge in [0, 0.05) is 11.6 Å². The molecule has 24 heavy (non-hydrogen) atoms. The minimum Gasteiger partial charge on any atom is -0.406 e. The largest absolute Gasteiger partial charge is 0.573 e. The van der Waals surface area contributed by atoms with Crippen molar-refractivity contribution in [2.24, 2.45) is 5.73 Å². The minimum atomic E-state index is -4.83. The van der Waals surface area contributed by atoms with E-state index in [0.717, 1.165) is 12.1 Å². The lowest BCUT2D eigenvalue weighted by atomic mass is 10.2. The molecule has 124 valence electrons. The van der Waals surface area contributed by atoms with Crippen LogP contribution >= 0.6 is 0 Å². The van der Waals surface area contributed by atoms with E-state index in [0.29, 0.717) is 11.0 Å². The Balaban J connectivity index is 2.13. The molecule has 6 nitrogen and oxygen atoms in total. The van der Waals surface area contributed by atoms with Crippen LogP contribution in [0.15, 0.2) is 47.3 Å². The molecule has 0 spiro atoms. The van der Waals surface area contributed by atoms with E-state index in [1.54, 1.807) is 0 Å². The number of rotatable bonds is 3. The van der Waals surface area contributed by atoms with Crippen LogP contribution in [0.1, 0.15) is 10.4 Å². The molecule has 0 saturated carbocycles. The number of amides is 1. The first-order valence-corrected chi connectivity index (χ1v) is 6.65. The molecule has 0 fully saturated rings. The number of carbonyl (C=O) groups excluding carboxylic acids is 1. The Morgan fingerprint density at radius 3 is 2.58 bits per heavy atom. The van der Waals surface area contributed by atoms with Crippen LogP contribution in [0.4, 0.5) is 13.2 Å². The van der Waals surface area contributed by atoms with Gasteiger partial charge in [0.2, 0.25) is 5.91 Å². The molecular weight excluding hydrogens is 327 g/mol. The molecule has 0 radical (unpaired) electrons. The number of imidazole rings is 1. The van der Waals surface area contributed by atoms with Gasteiger partial charge in [0.05, 0.1) is 16.7 Å². The third-order valence-electron chi connectivity index (χ3n) is 3.28. The lowest BCUT2D eigenvalue weighted by Crippen LogP contribution is -2.18. The maximum Gasteiger partial charge on any atom is 0.573 e. The first-order valence-electron chi connectivity index (χ1n) is 6.65. The van der Waals surface area contributed by atoms with Crippen LogP contribution in [0.2, 0.25) is 0 Å². The highest BCUT2D eigenvalue weighted by Crippen LogP contribution is 2.25. The zero-order valence-corrected chi connectivity index (χ0v) is 11.9. The van der Waals surface area contributed by atoms with Crippen LogP contribution in [-0.4, -0.2) is 21.8 Å². The Hall–Kier alpha value is -3.23. The SMILES string of the molecule is NC(=O)c1ccc2c(c1)[nH]c(=O)n2-c1cccc(OC(F)(F)F)c1. The van der Waals surface area contributed by atoms with Gasteiger partial charge in [0.15, 0.2) is 0 Å². The molecule has 0 aliphatic carbocycles. The van der Waals surface area contributed by atoms with E-state index in [-0.39, 0.29) is 11.3 Å². The van der Waals surface area contributed by atoms with Crippen molar-refractivity contribution in [3.63, 3.8) is 0 Å². The summed E-state index contributed by atoms with van der Waals surface area (Å²) in [5.41, 5.74) is 5.70. The molecule has 2 aromatic carbocycles. The van der Waals surface area contributed by atoms with Crippen LogP contribution in [0.25, 0.3) is 16.7 Å². The highest BCUT2D eigenvalue weighted by atomic mass is 19.4. The summed E-state index contributed by atoms with van der Waals surface area (Å²) in [5, 5.41) is 0. The van der Waals surface area contributed by atoms with Crippen molar-refractivity contribution in [2.75, 3.05) is 0 Å². The number of halogens is 3. The number of nitrogens with two attached hydrogens (primary N) is 1. The van der Waals surface area contributed by atoms with E-state index in [1.807, 2.05) is 0 Å². The molecule has 1 heterocycles. The van der Waals surface area contributed by atoms with Crippen molar-refractivity contribution in [1.82, 2.24) is 9.55 Å². The first kappa shape index (κ1) is 15.7. The fraction of sp³-hybridized carbons (Fsp3) is 0.0667. The second-order valence-corrected chi connectivity index (χ2v) is 4.91. The summed E-state index contributed by atoms with van der Waals surface area (Å²) in [4.78, 5) is 25.9. The van der Waals surface area contributed by atoms with Crippen LogP contribution in [0.3, 0.4) is 0 Å². The molecule has 0 unspecified atom stereocenters. The van der Waals surface area contributed by atoms with Gasteiger partial charge in [-0.25, -0.2) is 4.79 Å². The maximum atomic E-state index is 12.3. The van der Waals surface area contributed by atoms with Gasteiger partial charge in [-0.3, -0.25) is 9.36 Å². The highest BCUT2D eigenvalue weighted by Gasteiger charge is 2.31. The van der Waals surface area contributed by atoms with Gasteiger partial charge in [-0.15, -0.1) is 13.2 Å². The fourth-order valence-electron chi connectivity index (χ4n) is 2.34. The van der Waals surface area contributed by atoms with Crippen molar-refractivity contribution in [3.8, 4) is 11.4 Å². The lowest BCUT2D eigenvalue weighted by Gasteiger charge is -2.10. The Labute approximate surface area is 132 Å².